The third-order valence-corrected chi connectivity index (χ3v) is 4.83. The molecule has 0 aliphatic rings. The first-order valence-electron chi connectivity index (χ1n) is 6.28. The van der Waals surface area contributed by atoms with Crippen molar-refractivity contribution in [1.29, 1.82) is 0 Å². The van der Waals surface area contributed by atoms with Crippen LogP contribution in [0.4, 0.5) is 0 Å². The molecular weight excluding hydrogens is 292 g/mol. The summed E-state index contributed by atoms with van der Waals surface area (Å²) >= 11 is 4.04. The Kier molecular flexibility index (Phi) is 5.09. The van der Waals surface area contributed by atoms with Crippen molar-refractivity contribution in [2.24, 2.45) is 0 Å². The van der Waals surface area contributed by atoms with Gasteiger partial charge >= 0.3 is 0 Å². The van der Waals surface area contributed by atoms with Gasteiger partial charge in [0.25, 0.3) is 0 Å². The van der Waals surface area contributed by atoms with Crippen LogP contribution in [0.15, 0.2) is 59.5 Å². The van der Waals surface area contributed by atoms with E-state index in [2.05, 4.69) is 12.6 Å². The molecular formula is C15H16O3S2. The standard InChI is InChI=1S/C15H16O3S2/c16-20(17,11-5-10-19)15-9-4-8-14(12-15)18-13-6-2-1-3-7-13/h1-4,6-9,12,19H,5,10-11H2. The largest absolute Gasteiger partial charge is 0.457 e. The van der Waals surface area contributed by atoms with E-state index in [1.165, 1.54) is 0 Å². The van der Waals surface area contributed by atoms with Crippen LogP contribution in [0, 0.1) is 0 Å². The molecule has 0 saturated carbocycles. The average molecular weight is 308 g/mol. The molecule has 0 N–H and O–H groups in total. The van der Waals surface area contributed by atoms with E-state index in [1.807, 2.05) is 30.3 Å². The SMILES string of the molecule is O=S(=O)(CCCS)c1cccc(Oc2ccccc2)c1. The second-order valence-electron chi connectivity index (χ2n) is 4.29. The summed E-state index contributed by atoms with van der Waals surface area (Å²) in [6, 6.07) is 15.8. The van der Waals surface area contributed by atoms with E-state index in [1.54, 1.807) is 24.3 Å². The quantitative estimate of drug-likeness (QED) is 0.830. The van der Waals surface area contributed by atoms with Crippen molar-refractivity contribution < 1.29 is 13.2 Å². The minimum atomic E-state index is -3.27. The normalized spacial score (nSPS) is 11.2. The van der Waals surface area contributed by atoms with Gasteiger partial charge in [0.15, 0.2) is 9.84 Å². The smallest absolute Gasteiger partial charge is 0.178 e. The maximum atomic E-state index is 12.1. The summed E-state index contributed by atoms with van der Waals surface area (Å²) in [5, 5.41) is 0. The van der Waals surface area contributed by atoms with Crippen LogP contribution in [0.25, 0.3) is 0 Å². The Balaban J connectivity index is 2.20. The van der Waals surface area contributed by atoms with Crippen molar-refractivity contribution in [3.63, 3.8) is 0 Å². The van der Waals surface area contributed by atoms with E-state index in [-0.39, 0.29) is 10.6 Å². The van der Waals surface area contributed by atoms with Crippen molar-refractivity contribution in [2.45, 2.75) is 11.3 Å². The van der Waals surface area contributed by atoms with E-state index in [0.29, 0.717) is 23.7 Å². The molecule has 0 saturated heterocycles. The molecule has 2 rings (SSSR count). The average Bonchev–Trinajstić information content (AvgIpc) is 2.47. The minimum Gasteiger partial charge on any atom is -0.457 e. The van der Waals surface area contributed by atoms with Crippen molar-refractivity contribution in [3.8, 4) is 11.5 Å². The highest BCUT2D eigenvalue weighted by atomic mass is 32.2. The maximum Gasteiger partial charge on any atom is 0.178 e. The highest BCUT2D eigenvalue weighted by Gasteiger charge is 2.14. The Labute approximate surface area is 124 Å². The molecule has 0 bridgehead atoms. The van der Waals surface area contributed by atoms with Crippen LogP contribution < -0.4 is 4.74 Å². The van der Waals surface area contributed by atoms with Crippen LogP contribution in [0.5, 0.6) is 11.5 Å². The van der Waals surface area contributed by atoms with E-state index < -0.39 is 9.84 Å². The molecule has 2 aromatic rings. The molecule has 0 amide bonds. The summed E-state index contributed by atoms with van der Waals surface area (Å²) in [6.07, 6.45) is 0.537. The van der Waals surface area contributed by atoms with Gasteiger partial charge in [0.2, 0.25) is 0 Å². The highest BCUT2D eigenvalue weighted by molar-refractivity contribution is 7.91. The summed E-state index contributed by atoms with van der Waals surface area (Å²) in [6.45, 7) is 0. The van der Waals surface area contributed by atoms with Gasteiger partial charge in [0, 0.05) is 0 Å². The van der Waals surface area contributed by atoms with Gasteiger partial charge in [0.05, 0.1) is 10.6 Å². The molecule has 0 radical (unpaired) electrons. The van der Waals surface area contributed by atoms with Crippen molar-refractivity contribution in [1.82, 2.24) is 0 Å². The van der Waals surface area contributed by atoms with Crippen molar-refractivity contribution >= 4 is 22.5 Å². The predicted molar refractivity (Wildman–Crippen MR) is 83.5 cm³/mol. The van der Waals surface area contributed by atoms with Gasteiger partial charge in [0.1, 0.15) is 11.5 Å². The maximum absolute atomic E-state index is 12.1. The third-order valence-electron chi connectivity index (χ3n) is 2.71. The Hall–Kier alpha value is -1.46. The molecule has 0 atom stereocenters. The molecule has 0 spiro atoms. The number of thiol groups is 1. The summed E-state index contributed by atoms with van der Waals surface area (Å²) < 4.78 is 29.9. The Morgan fingerprint density at radius 1 is 0.950 bits per heavy atom. The molecule has 0 aliphatic carbocycles. The molecule has 0 unspecified atom stereocenters. The monoisotopic (exact) mass is 308 g/mol. The zero-order valence-electron chi connectivity index (χ0n) is 10.9. The molecule has 0 aromatic heterocycles. The van der Waals surface area contributed by atoms with Crippen LogP contribution in [0.2, 0.25) is 0 Å². The number of sulfone groups is 1. The van der Waals surface area contributed by atoms with E-state index in [9.17, 15) is 8.42 Å². The summed E-state index contributed by atoms with van der Waals surface area (Å²) in [5.74, 6) is 1.85. The number of ether oxygens (including phenoxy) is 1. The zero-order valence-corrected chi connectivity index (χ0v) is 12.6. The van der Waals surface area contributed by atoms with Crippen molar-refractivity contribution in [3.05, 3.63) is 54.6 Å². The van der Waals surface area contributed by atoms with Gasteiger partial charge in [-0.05, 0) is 42.5 Å². The van der Waals surface area contributed by atoms with Gasteiger partial charge in [-0.15, -0.1) is 0 Å². The fourth-order valence-corrected chi connectivity index (χ4v) is 3.44. The van der Waals surface area contributed by atoms with E-state index in [4.69, 9.17) is 4.74 Å². The minimum absolute atomic E-state index is 0.102. The fourth-order valence-electron chi connectivity index (χ4n) is 1.73. The van der Waals surface area contributed by atoms with Crippen LogP contribution >= 0.6 is 12.6 Å². The number of benzene rings is 2. The number of rotatable bonds is 6. The topological polar surface area (TPSA) is 43.4 Å². The van der Waals surface area contributed by atoms with E-state index >= 15 is 0 Å². The summed E-state index contributed by atoms with van der Waals surface area (Å²) in [7, 11) is -3.27. The third kappa shape index (κ3) is 4.02. The Morgan fingerprint density at radius 3 is 2.35 bits per heavy atom. The highest BCUT2D eigenvalue weighted by Crippen LogP contribution is 2.24. The first kappa shape index (κ1) is 14.9. The number of para-hydroxylation sites is 1. The number of hydrogen-bond acceptors (Lipinski definition) is 4. The molecule has 5 heteroatoms. The molecule has 106 valence electrons. The summed E-state index contributed by atoms with van der Waals surface area (Å²) in [5.41, 5.74) is 0. The summed E-state index contributed by atoms with van der Waals surface area (Å²) in [4.78, 5) is 0.285. The second kappa shape index (κ2) is 6.81. The second-order valence-corrected chi connectivity index (χ2v) is 6.84. The Morgan fingerprint density at radius 2 is 1.65 bits per heavy atom. The van der Waals surface area contributed by atoms with Gasteiger partial charge < -0.3 is 4.74 Å². The van der Waals surface area contributed by atoms with Crippen LogP contribution in [0.1, 0.15) is 6.42 Å². The predicted octanol–water partition coefficient (Wildman–Crippen LogP) is 3.57. The number of hydrogen-bond donors (Lipinski definition) is 1. The van der Waals surface area contributed by atoms with Crippen LogP contribution in [-0.4, -0.2) is 19.9 Å². The fraction of sp³-hybridized carbons (Fsp3) is 0.200. The van der Waals surface area contributed by atoms with Gasteiger partial charge in [-0.3, -0.25) is 0 Å². The molecule has 20 heavy (non-hydrogen) atoms. The lowest BCUT2D eigenvalue weighted by Crippen LogP contribution is -2.07. The van der Waals surface area contributed by atoms with Gasteiger partial charge in [-0.1, -0.05) is 24.3 Å². The molecule has 0 fully saturated rings. The first-order chi connectivity index (χ1) is 9.62. The molecule has 0 heterocycles. The molecule has 2 aromatic carbocycles. The molecule has 0 aliphatic heterocycles. The van der Waals surface area contributed by atoms with Crippen LogP contribution in [-0.2, 0) is 9.84 Å². The van der Waals surface area contributed by atoms with Crippen molar-refractivity contribution in [2.75, 3.05) is 11.5 Å². The zero-order chi connectivity index (χ0) is 14.4. The van der Waals surface area contributed by atoms with Gasteiger partial charge in [-0.25, -0.2) is 8.42 Å². The lowest BCUT2D eigenvalue weighted by atomic mass is 10.3. The molecule has 3 nitrogen and oxygen atoms in total. The Bertz CT molecular complexity index is 652. The van der Waals surface area contributed by atoms with Crippen LogP contribution in [0.3, 0.4) is 0 Å². The first-order valence-corrected chi connectivity index (χ1v) is 8.57. The van der Waals surface area contributed by atoms with E-state index in [0.717, 1.165) is 0 Å². The lowest BCUT2D eigenvalue weighted by Gasteiger charge is -2.08. The lowest BCUT2D eigenvalue weighted by molar-refractivity contribution is 0.480. The van der Waals surface area contributed by atoms with Gasteiger partial charge in [-0.2, -0.15) is 12.6 Å².